The Kier molecular flexibility index (Phi) is 7.57. The fraction of sp³-hybridized carbons (Fsp3) is 0.750. The molecule has 0 spiro atoms. The smallest absolute Gasteiger partial charge is 0.244 e. The van der Waals surface area contributed by atoms with E-state index in [-0.39, 0.29) is 4.90 Å². The van der Waals surface area contributed by atoms with Crippen LogP contribution in [0, 0.1) is 6.92 Å². The molecule has 1 aromatic rings. The molecule has 1 heterocycles. The van der Waals surface area contributed by atoms with E-state index in [2.05, 4.69) is 26.5 Å². The van der Waals surface area contributed by atoms with Crippen molar-refractivity contribution in [3.63, 3.8) is 0 Å². The summed E-state index contributed by atoms with van der Waals surface area (Å²) in [5.74, 6) is 1.12. The molecule has 0 saturated heterocycles. The van der Waals surface area contributed by atoms with E-state index in [1.807, 2.05) is 11.8 Å². The zero-order valence-electron chi connectivity index (χ0n) is 12.3. The van der Waals surface area contributed by atoms with Crippen LogP contribution < -0.4 is 10.0 Å². The van der Waals surface area contributed by atoms with Crippen LogP contribution in [0.4, 0.5) is 0 Å². The summed E-state index contributed by atoms with van der Waals surface area (Å²) in [5.41, 5.74) is 1.10. The molecule has 0 aliphatic rings. The molecule has 0 unspecified atom stereocenters. The second-order valence-corrected chi connectivity index (χ2v) is 7.30. The van der Waals surface area contributed by atoms with Crippen molar-refractivity contribution in [2.45, 2.75) is 37.6 Å². The maximum atomic E-state index is 12.3. The van der Waals surface area contributed by atoms with Crippen molar-refractivity contribution in [1.29, 1.82) is 0 Å². The van der Waals surface area contributed by atoms with Gasteiger partial charge in [0.05, 0.1) is 11.4 Å². The van der Waals surface area contributed by atoms with Gasteiger partial charge in [-0.1, -0.05) is 6.42 Å². The van der Waals surface area contributed by atoms with Gasteiger partial charge in [0.25, 0.3) is 0 Å². The zero-order valence-corrected chi connectivity index (χ0v) is 14.0. The highest BCUT2D eigenvalue weighted by molar-refractivity contribution is 7.98. The minimum absolute atomic E-state index is 0.274. The third kappa shape index (κ3) is 5.08. The van der Waals surface area contributed by atoms with E-state index in [1.54, 1.807) is 14.0 Å². The van der Waals surface area contributed by atoms with Crippen LogP contribution in [0.2, 0.25) is 0 Å². The quantitative estimate of drug-likeness (QED) is 0.565. The topological polar surface area (TPSA) is 86.9 Å². The van der Waals surface area contributed by atoms with Gasteiger partial charge >= 0.3 is 0 Å². The lowest BCUT2D eigenvalue weighted by Gasteiger charge is -2.08. The first-order chi connectivity index (χ1) is 9.53. The number of nitrogens with zero attached hydrogens (tertiary/aromatic N) is 1. The van der Waals surface area contributed by atoms with E-state index < -0.39 is 10.0 Å². The van der Waals surface area contributed by atoms with Crippen LogP contribution in [0.3, 0.4) is 0 Å². The highest BCUT2D eigenvalue weighted by Gasteiger charge is 2.23. The van der Waals surface area contributed by atoms with E-state index >= 15 is 0 Å². The first-order valence-corrected chi connectivity index (χ1v) is 9.57. The molecule has 1 aromatic heterocycles. The number of sulfonamides is 1. The maximum Gasteiger partial charge on any atom is 0.244 e. The van der Waals surface area contributed by atoms with Crippen LogP contribution in [0.15, 0.2) is 4.90 Å². The van der Waals surface area contributed by atoms with Crippen LogP contribution in [0.1, 0.15) is 30.7 Å². The first-order valence-electron chi connectivity index (χ1n) is 6.70. The highest BCUT2D eigenvalue weighted by Crippen LogP contribution is 2.17. The SMILES string of the molecule is CNCc1n[nH]c(C)c1S(=O)(=O)NCCCCCSC. The molecule has 0 radical (unpaired) electrons. The molecule has 0 aliphatic carbocycles. The van der Waals surface area contributed by atoms with Gasteiger partial charge in [-0.25, -0.2) is 13.1 Å². The summed E-state index contributed by atoms with van der Waals surface area (Å²) in [4.78, 5) is 0.274. The molecule has 0 atom stereocenters. The van der Waals surface area contributed by atoms with Gasteiger partial charge in [-0.2, -0.15) is 16.9 Å². The van der Waals surface area contributed by atoms with Crippen molar-refractivity contribution in [3.05, 3.63) is 11.4 Å². The third-order valence-corrected chi connectivity index (χ3v) is 5.25. The van der Waals surface area contributed by atoms with E-state index in [0.29, 0.717) is 24.5 Å². The van der Waals surface area contributed by atoms with Gasteiger partial charge in [0.15, 0.2) is 0 Å². The van der Waals surface area contributed by atoms with Gasteiger partial charge in [0.2, 0.25) is 10.0 Å². The predicted molar refractivity (Wildman–Crippen MR) is 83.5 cm³/mol. The summed E-state index contributed by atoms with van der Waals surface area (Å²) in [6.07, 6.45) is 5.10. The van der Waals surface area contributed by atoms with E-state index in [9.17, 15) is 8.42 Å². The Balaban J connectivity index is 2.58. The normalized spacial score (nSPS) is 11.9. The number of hydrogen-bond donors (Lipinski definition) is 3. The second-order valence-electron chi connectivity index (χ2n) is 4.61. The molecular formula is C12H24N4O2S2. The van der Waals surface area contributed by atoms with Crippen molar-refractivity contribution in [2.75, 3.05) is 25.6 Å². The molecular weight excluding hydrogens is 296 g/mol. The number of unbranched alkanes of at least 4 members (excludes halogenated alkanes) is 2. The summed E-state index contributed by atoms with van der Waals surface area (Å²) in [7, 11) is -1.72. The van der Waals surface area contributed by atoms with Crippen molar-refractivity contribution < 1.29 is 8.42 Å². The Labute approximate surface area is 125 Å². The van der Waals surface area contributed by atoms with Gasteiger partial charge in [-0.15, -0.1) is 0 Å². The molecule has 0 saturated carbocycles. The third-order valence-electron chi connectivity index (χ3n) is 2.89. The molecule has 0 aromatic carbocycles. The molecule has 0 amide bonds. The Hall–Kier alpha value is -0.570. The molecule has 0 fully saturated rings. The molecule has 0 bridgehead atoms. The Morgan fingerprint density at radius 1 is 1.30 bits per heavy atom. The monoisotopic (exact) mass is 320 g/mol. The summed E-state index contributed by atoms with van der Waals surface area (Å²) in [6.45, 7) is 2.62. The van der Waals surface area contributed by atoms with E-state index in [4.69, 9.17) is 0 Å². The lowest BCUT2D eigenvalue weighted by molar-refractivity contribution is 0.573. The predicted octanol–water partition coefficient (Wildman–Crippen LogP) is 1.25. The van der Waals surface area contributed by atoms with E-state index in [1.165, 1.54) is 0 Å². The highest BCUT2D eigenvalue weighted by atomic mass is 32.2. The Morgan fingerprint density at radius 2 is 2.05 bits per heavy atom. The number of aryl methyl sites for hydroxylation is 1. The average Bonchev–Trinajstić information content (AvgIpc) is 2.76. The summed E-state index contributed by atoms with van der Waals surface area (Å²) in [6, 6.07) is 0. The minimum atomic E-state index is -3.48. The number of aromatic amines is 1. The largest absolute Gasteiger partial charge is 0.314 e. The number of H-pyrrole nitrogens is 1. The van der Waals surface area contributed by atoms with Crippen LogP contribution in [-0.4, -0.2) is 44.2 Å². The van der Waals surface area contributed by atoms with Crippen LogP contribution in [0.5, 0.6) is 0 Å². The van der Waals surface area contributed by atoms with Gasteiger partial charge in [0, 0.05) is 13.1 Å². The van der Waals surface area contributed by atoms with Gasteiger partial charge in [0.1, 0.15) is 4.90 Å². The Bertz CT molecular complexity index is 500. The number of nitrogens with one attached hydrogen (secondary N) is 3. The van der Waals surface area contributed by atoms with E-state index in [0.717, 1.165) is 25.0 Å². The molecule has 8 heteroatoms. The summed E-state index contributed by atoms with van der Waals surface area (Å²) < 4.78 is 27.2. The second kappa shape index (κ2) is 8.66. The minimum Gasteiger partial charge on any atom is -0.314 e. The van der Waals surface area contributed by atoms with Gasteiger partial charge in [-0.3, -0.25) is 5.10 Å². The lowest BCUT2D eigenvalue weighted by Crippen LogP contribution is -2.26. The number of rotatable bonds is 10. The number of aromatic nitrogens is 2. The summed E-state index contributed by atoms with van der Waals surface area (Å²) >= 11 is 1.81. The van der Waals surface area contributed by atoms with Crippen molar-refractivity contribution in [3.8, 4) is 0 Å². The standard InChI is InChI=1S/C12H24N4O2S2/c1-10-12(11(9-13-2)16-15-10)20(17,18)14-7-5-4-6-8-19-3/h13-14H,4-9H2,1-3H3,(H,15,16). The lowest BCUT2D eigenvalue weighted by atomic mass is 10.2. The van der Waals surface area contributed by atoms with Crippen molar-refractivity contribution in [2.24, 2.45) is 0 Å². The first kappa shape index (κ1) is 17.5. The Morgan fingerprint density at radius 3 is 2.70 bits per heavy atom. The molecule has 20 heavy (non-hydrogen) atoms. The fourth-order valence-corrected chi connectivity index (χ4v) is 3.87. The van der Waals surface area contributed by atoms with Crippen molar-refractivity contribution in [1.82, 2.24) is 20.2 Å². The maximum absolute atomic E-state index is 12.3. The summed E-state index contributed by atoms with van der Waals surface area (Å²) in [5, 5.41) is 9.69. The molecule has 0 aliphatic heterocycles. The van der Waals surface area contributed by atoms with Crippen LogP contribution in [0.25, 0.3) is 0 Å². The molecule has 1 rings (SSSR count). The molecule has 6 nitrogen and oxygen atoms in total. The van der Waals surface area contributed by atoms with Gasteiger partial charge in [-0.05, 0) is 38.8 Å². The molecule has 3 N–H and O–H groups in total. The van der Waals surface area contributed by atoms with Crippen molar-refractivity contribution >= 4 is 21.8 Å². The number of hydrogen-bond acceptors (Lipinski definition) is 5. The zero-order chi connectivity index (χ0) is 15.0. The number of thioether (sulfide) groups is 1. The fourth-order valence-electron chi connectivity index (χ4n) is 1.94. The average molecular weight is 320 g/mol. The van der Waals surface area contributed by atoms with Crippen LogP contribution >= 0.6 is 11.8 Å². The van der Waals surface area contributed by atoms with Gasteiger partial charge < -0.3 is 5.32 Å². The van der Waals surface area contributed by atoms with Crippen LogP contribution in [-0.2, 0) is 16.6 Å². The molecule has 116 valence electrons.